The van der Waals surface area contributed by atoms with Gasteiger partial charge in [0.05, 0.1) is 0 Å². The van der Waals surface area contributed by atoms with Crippen LogP contribution in [0.1, 0.15) is 0 Å². The van der Waals surface area contributed by atoms with E-state index in [9.17, 15) is 0 Å². The van der Waals surface area contributed by atoms with E-state index in [-0.39, 0.29) is 0 Å². The number of benzene rings is 3. The third kappa shape index (κ3) is 1.87. The number of fused-ring (bicyclic) bond motifs is 1. The van der Waals surface area contributed by atoms with Crippen molar-refractivity contribution in [2.45, 2.75) is 0 Å². The van der Waals surface area contributed by atoms with E-state index in [2.05, 4.69) is 48.5 Å². The maximum atomic E-state index is 5.77. The zero-order valence-corrected chi connectivity index (χ0v) is 9.43. The van der Waals surface area contributed by atoms with E-state index in [4.69, 9.17) is 5.73 Å². The van der Waals surface area contributed by atoms with E-state index in [1.165, 1.54) is 21.9 Å². The van der Waals surface area contributed by atoms with E-state index in [0.717, 1.165) is 5.69 Å². The van der Waals surface area contributed by atoms with Crippen LogP contribution in [0.3, 0.4) is 0 Å². The molecule has 0 bridgehead atoms. The third-order valence-electron chi connectivity index (χ3n) is 2.97. The van der Waals surface area contributed by atoms with E-state index in [0.29, 0.717) is 0 Å². The van der Waals surface area contributed by atoms with Crippen molar-refractivity contribution in [3.63, 3.8) is 0 Å². The lowest BCUT2D eigenvalue weighted by Gasteiger charge is -2.04. The molecule has 0 radical (unpaired) electrons. The lowest BCUT2D eigenvalue weighted by molar-refractivity contribution is 1.64. The highest BCUT2D eigenvalue weighted by Gasteiger charge is 1.99. The molecule has 0 aliphatic carbocycles. The molecular weight excluding hydrogens is 206 g/mol. The molecule has 1 heteroatoms. The number of nitrogens with two attached hydrogens (primary N) is 1. The summed E-state index contributed by atoms with van der Waals surface area (Å²) in [7, 11) is 0. The number of anilines is 1. The molecular formula is C16H13N. The maximum Gasteiger partial charge on any atom is 0.0320 e. The highest BCUT2D eigenvalue weighted by atomic mass is 14.5. The lowest BCUT2D eigenvalue weighted by Crippen LogP contribution is -1.84. The maximum absolute atomic E-state index is 5.77. The third-order valence-corrected chi connectivity index (χ3v) is 2.97. The Labute approximate surface area is 101 Å². The SMILES string of the molecule is Nc1ccc2cc(-c3ccccc3)ccc2c1. The van der Waals surface area contributed by atoms with Crippen LogP contribution in [-0.4, -0.2) is 0 Å². The largest absolute Gasteiger partial charge is 0.399 e. The topological polar surface area (TPSA) is 26.0 Å². The molecule has 3 rings (SSSR count). The summed E-state index contributed by atoms with van der Waals surface area (Å²) in [5, 5.41) is 2.41. The fourth-order valence-electron chi connectivity index (χ4n) is 2.07. The molecule has 0 amide bonds. The fourth-order valence-corrected chi connectivity index (χ4v) is 2.07. The van der Waals surface area contributed by atoms with Gasteiger partial charge in [0.2, 0.25) is 0 Å². The first kappa shape index (κ1) is 9.91. The second-order valence-electron chi connectivity index (χ2n) is 4.19. The van der Waals surface area contributed by atoms with Gasteiger partial charge in [0.15, 0.2) is 0 Å². The molecule has 0 heterocycles. The molecule has 0 saturated carbocycles. The second-order valence-corrected chi connectivity index (χ2v) is 4.19. The summed E-state index contributed by atoms with van der Waals surface area (Å²) in [6, 6.07) is 22.9. The highest BCUT2D eigenvalue weighted by molar-refractivity contribution is 5.89. The summed E-state index contributed by atoms with van der Waals surface area (Å²) in [4.78, 5) is 0. The van der Waals surface area contributed by atoms with Crippen molar-refractivity contribution in [2.75, 3.05) is 5.73 Å². The molecule has 17 heavy (non-hydrogen) atoms. The van der Waals surface area contributed by atoms with Crippen molar-refractivity contribution in [2.24, 2.45) is 0 Å². The lowest BCUT2D eigenvalue weighted by atomic mass is 10.0. The van der Waals surface area contributed by atoms with Crippen LogP contribution in [0.25, 0.3) is 21.9 Å². The predicted molar refractivity (Wildman–Crippen MR) is 73.8 cm³/mol. The highest BCUT2D eigenvalue weighted by Crippen LogP contribution is 2.25. The first-order chi connectivity index (χ1) is 8.33. The molecule has 0 aliphatic rings. The Kier molecular flexibility index (Phi) is 2.30. The van der Waals surface area contributed by atoms with Gasteiger partial charge in [0.25, 0.3) is 0 Å². The molecule has 82 valence electrons. The summed E-state index contributed by atoms with van der Waals surface area (Å²) < 4.78 is 0. The van der Waals surface area contributed by atoms with Crippen molar-refractivity contribution in [1.82, 2.24) is 0 Å². The average molecular weight is 219 g/mol. The zero-order chi connectivity index (χ0) is 11.7. The summed E-state index contributed by atoms with van der Waals surface area (Å²) in [5.74, 6) is 0. The van der Waals surface area contributed by atoms with E-state index in [1.807, 2.05) is 18.2 Å². The van der Waals surface area contributed by atoms with Gasteiger partial charge in [-0.05, 0) is 40.1 Å². The Bertz CT molecular complexity index is 657. The van der Waals surface area contributed by atoms with Crippen molar-refractivity contribution >= 4 is 16.5 Å². The Balaban J connectivity index is 2.17. The van der Waals surface area contributed by atoms with Gasteiger partial charge >= 0.3 is 0 Å². The van der Waals surface area contributed by atoms with Crippen LogP contribution < -0.4 is 5.73 Å². The molecule has 0 fully saturated rings. The first-order valence-corrected chi connectivity index (χ1v) is 5.68. The van der Waals surface area contributed by atoms with Crippen LogP contribution in [-0.2, 0) is 0 Å². The molecule has 0 saturated heterocycles. The van der Waals surface area contributed by atoms with Gasteiger partial charge in [-0.25, -0.2) is 0 Å². The monoisotopic (exact) mass is 219 g/mol. The summed E-state index contributed by atoms with van der Waals surface area (Å²) >= 11 is 0. The molecule has 0 spiro atoms. The van der Waals surface area contributed by atoms with Gasteiger partial charge in [-0.2, -0.15) is 0 Å². The van der Waals surface area contributed by atoms with Crippen LogP contribution in [0, 0.1) is 0 Å². The minimum absolute atomic E-state index is 0.810. The summed E-state index contributed by atoms with van der Waals surface area (Å²) in [6.45, 7) is 0. The van der Waals surface area contributed by atoms with Gasteiger partial charge in [-0.3, -0.25) is 0 Å². The van der Waals surface area contributed by atoms with Crippen LogP contribution in [0.5, 0.6) is 0 Å². The quantitative estimate of drug-likeness (QED) is 0.613. The molecule has 0 atom stereocenters. The minimum Gasteiger partial charge on any atom is -0.399 e. The number of nitrogen functional groups attached to an aromatic ring is 1. The van der Waals surface area contributed by atoms with E-state index >= 15 is 0 Å². The van der Waals surface area contributed by atoms with E-state index in [1.54, 1.807) is 0 Å². The van der Waals surface area contributed by atoms with Crippen molar-refractivity contribution in [1.29, 1.82) is 0 Å². The summed E-state index contributed by atoms with van der Waals surface area (Å²) in [5.41, 5.74) is 9.06. The standard InChI is InChI=1S/C16H13N/c17-16-9-8-14-10-13(6-7-15(14)11-16)12-4-2-1-3-5-12/h1-11H,17H2. The fraction of sp³-hybridized carbons (Fsp3) is 0. The van der Waals surface area contributed by atoms with Gasteiger partial charge in [-0.15, -0.1) is 0 Å². The smallest absolute Gasteiger partial charge is 0.0320 e. The molecule has 0 aliphatic heterocycles. The Morgan fingerprint density at radius 1 is 0.588 bits per heavy atom. The molecule has 3 aromatic rings. The molecule has 0 aromatic heterocycles. The molecule has 0 unspecified atom stereocenters. The van der Waals surface area contributed by atoms with Crippen LogP contribution >= 0.6 is 0 Å². The van der Waals surface area contributed by atoms with Crippen molar-refractivity contribution in [3.05, 3.63) is 66.7 Å². The van der Waals surface area contributed by atoms with Crippen molar-refractivity contribution < 1.29 is 0 Å². The van der Waals surface area contributed by atoms with Crippen molar-refractivity contribution in [3.8, 4) is 11.1 Å². The van der Waals surface area contributed by atoms with Gasteiger partial charge in [0.1, 0.15) is 0 Å². The predicted octanol–water partition coefficient (Wildman–Crippen LogP) is 4.09. The number of rotatable bonds is 1. The second kappa shape index (κ2) is 3.95. The minimum atomic E-state index is 0.810. The Morgan fingerprint density at radius 3 is 2.12 bits per heavy atom. The molecule has 3 aromatic carbocycles. The van der Waals surface area contributed by atoms with Gasteiger partial charge in [0, 0.05) is 5.69 Å². The number of hydrogen-bond acceptors (Lipinski definition) is 1. The normalized spacial score (nSPS) is 10.6. The van der Waals surface area contributed by atoms with Gasteiger partial charge < -0.3 is 5.73 Å². The van der Waals surface area contributed by atoms with Crippen LogP contribution in [0.15, 0.2) is 66.7 Å². The average Bonchev–Trinajstić information content (AvgIpc) is 2.39. The Morgan fingerprint density at radius 2 is 1.29 bits per heavy atom. The zero-order valence-electron chi connectivity index (χ0n) is 9.43. The summed E-state index contributed by atoms with van der Waals surface area (Å²) in [6.07, 6.45) is 0. The van der Waals surface area contributed by atoms with Crippen LogP contribution in [0.2, 0.25) is 0 Å². The van der Waals surface area contributed by atoms with E-state index < -0.39 is 0 Å². The number of hydrogen-bond donors (Lipinski definition) is 1. The van der Waals surface area contributed by atoms with Gasteiger partial charge in [-0.1, -0.05) is 48.5 Å². The first-order valence-electron chi connectivity index (χ1n) is 5.68. The molecule has 1 nitrogen and oxygen atoms in total. The Hall–Kier alpha value is -2.28. The van der Waals surface area contributed by atoms with Crippen LogP contribution in [0.4, 0.5) is 5.69 Å². The molecule has 2 N–H and O–H groups in total.